The van der Waals surface area contributed by atoms with E-state index >= 15 is 0 Å². The third-order valence-corrected chi connectivity index (χ3v) is 3.71. The van der Waals surface area contributed by atoms with Crippen molar-refractivity contribution in [2.24, 2.45) is 0 Å². The van der Waals surface area contributed by atoms with Gasteiger partial charge in [-0.25, -0.2) is 0 Å². The van der Waals surface area contributed by atoms with E-state index in [1.807, 2.05) is 19.1 Å². The fourth-order valence-electron chi connectivity index (χ4n) is 2.68. The van der Waals surface area contributed by atoms with Crippen LogP contribution in [-0.2, 0) is 16.1 Å². The van der Waals surface area contributed by atoms with E-state index < -0.39 is 0 Å². The van der Waals surface area contributed by atoms with Crippen LogP contribution in [0.3, 0.4) is 0 Å². The molecule has 0 radical (unpaired) electrons. The second-order valence-corrected chi connectivity index (χ2v) is 5.08. The number of benzene rings is 1. The summed E-state index contributed by atoms with van der Waals surface area (Å²) < 4.78 is 10.3. The van der Waals surface area contributed by atoms with E-state index in [9.17, 15) is 4.79 Å². The molecule has 1 saturated heterocycles. The number of methoxy groups -OCH3 is 1. The molecule has 0 N–H and O–H groups in total. The molecule has 110 valence electrons. The van der Waals surface area contributed by atoms with Crippen LogP contribution in [0.5, 0.6) is 5.75 Å². The second kappa shape index (κ2) is 7.29. The topological polar surface area (TPSA) is 38.8 Å². The zero-order valence-electron chi connectivity index (χ0n) is 12.3. The van der Waals surface area contributed by atoms with Crippen molar-refractivity contribution < 1.29 is 14.3 Å². The third kappa shape index (κ3) is 3.73. The van der Waals surface area contributed by atoms with Crippen LogP contribution in [0.4, 0.5) is 0 Å². The first-order valence-corrected chi connectivity index (χ1v) is 7.28. The summed E-state index contributed by atoms with van der Waals surface area (Å²) in [5, 5.41) is 0. The Bertz CT molecular complexity index is 430. The summed E-state index contributed by atoms with van der Waals surface area (Å²) in [6.07, 6.45) is 3.13. The predicted octanol–water partition coefficient (Wildman–Crippen LogP) is 2.61. The van der Waals surface area contributed by atoms with E-state index in [1.165, 1.54) is 12.7 Å². The molecule has 4 heteroatoms. The summed E-state index contributed by atoms with van der Waals surface area (Å²) in [5.74, 6) is 0.773. The first-order valence-electron chi connectivity index (χ1n) is 7.28. The lowest BCUT2D eigenvalue weighted by Crippen LogP contribution is -2.44. The molecule has 0 saturated carbocycles. The summed E-state index contributed by atoms with van der Waals surface area (Å²) in [6, 6.07) is 7.99. The van der Waals surface area contributed by atoms with Gasteiger partial charge in [-0.2, -0.15) is 0 Å². The molecule has 1 aromatic rings. The zero-order chi connectivity index (χ0) is 14.4. The van der Waals surface area contributed by atoms with Gasteiger partial charge >= 0.3 is 5.97 Å². The summed E-state index contributed by atoms with van der Waals surface area (Å²) in [4.78, 5) is 14.0. The van der Waals surface area contributed by atoms with Crippen molar-refractivity contribution in [1.29, 1.82) is 0 Å². The lowest BCUT2D eigenvalue weighted by atomic mass is 10.0. The Morgan fingerprint density at radius 2 is 2.05 bits per heavy atom. The highest BCUT2D eigenvalue weighted by atomic mass is 16.5. The zero-order valence-corrected chi connectivity index (χ0v) is 12.3. The molecule has 20 heavy (non-hydrogen) atoms. The number of likely N-dealkylation sites (tertiary alicyclic amines) is 1. The first kappa shape index (κ1) is 14.9. The number of esters is 1. The minimum absolute atomic E-state index is 0.0969. The van der Waals surface area contributed by atoms with Crippen molar-refractivity contribution in [2.75, 3.05) is 20.3 Å². The van der Waals surface area contributed by atoms with Crippen LogP contribution in [0.15, 0.2) is 24.3 Å². The van der Waals surface area contributed by atoms with Crippen LogP contribution in [0, 0.1) is 0 Å². The second-order valence-electron chi connectivity index (χ2n) is 5.08. The Morgan fingerprint density at radius 3 is 2.70 bits per heavy atom. The molecule has 4 nitrogen and oxygen atoms in total. The molecule has 0 unspecified atom stereocenters. The van der Waals surface area contributed by atoms with E-state index in [0.717, 1.165) is 38.1 Å². The predicted molar refractivity (Wildman–Crippen MR) is 77.7 cm³/mol. The molecule has 2 rings (SSSR count). The Balaban J connectivity index is 2.00. The van der Waals surface area contributed by atoms with Crippen LogP contribution in [0.2, 0.25) is 0 Å². The average molecular weight is 277 g/mol. The van der Waals surface area contributed by atoms with Crippen LogP contribution in [0.25, 0.3) is 0 Å². The highest BCUT2D eigenvalue weighted by Gasteiger charge is 2.29. The van der Waals surface area contributed by atoms with Gasteiger partial charge in [-0.15, -0.1) is 0 Å². The number of piperidine rings is 1. The summed E-state index contributed by atoms with van der Waals surface area (Å²) in [6.45, 7) is 4.39. The standard InChI is InChI=1S/C16H23NO3/c1-3-20-14-9-7-13(8-10-14)12-17-11-5-4-6-15(17)16(18)19-2/h7-10,15H,3-6,11-12H2,1-2H3/t15-/m1/s1. The van der Waals surface area contributed by atoms with Gasteiger partial charge in [0.05, 0.1) is 13.7 Å². The first-order chi connectivity index (χ1) is 9.74. The van der Waals surface area contributed by atoms with Gasteiger partial charge in [-0.05, 0) is 44.0 Å². The average Bonchev–Trinajstić information content (AvgIpc) is 2.49. The number of nitrogens with zero attached hydrogens (tertiary/aromatic N) is 1. The van der Waals surface area contributed by atoms with Crippen molar-refractivity contribution in [1.82, 2.24) is 4.90 Å². The quantitative estimate of drug-likeness (QED) is 0.776. The molecule has 0 spiro atoms. The normalized spacial score (nSPS) is 19.6. The van der Waals surface area contributed by atoms with Gasteiger partial charge in [0, 0.05) is 6.54 Å². The minimum Gasteiger partial charge on any atom is -0.494 e. The minimum atomic E-state index is -0.115. The van der Waals surface area contributed by atoms with Gasteiger partial charge in [0.15, 0.2) is 0 Å². The molecule has 0 amide bonds. The molecule has 1 aromatic carbocycles. The lowest BCUT2D eigenvalue weighted by Gasteiger charge is -2.33. The van der Waals surface area contributed by atoms with Gasteiger partial charge in [0.25, 0.3) is 0 Å². The molecule has 0 bridgehead atoms. The SMILES string of the molecule is CCOc1ccc(CN2CCCC[C@@H]2C(=O)OC)cc1. The fourth-order valence-corrected chi connectivity index (χ4v) is 2.68. The van der Waals surface area contributed by atoms with Crippen LogP contribution < -0.4 is 4.74 Å². The van der Waals surface area contributed by atoms with Crippen molar-refractivity contribution in [3.63, 3.8) is 0 Å². The number of hydrogen-bond acceptors (Lipinski definition) is 4. The lowest BCUT2D eigenvalue weighted by molar-refractivity contribution is -0.148. The maximum atomic E-state index is 11.8. The van der Waals surface area contributed by atoms with Crippen LogP contribution >= 0.6 is 0 Å². The molecule has 1 aliphatic heterocycles. The summed E-state index contributed by atoms with van der Waals surface area (Å²) in [7, 11) is 1.46. The van der Waals surface area contributed by atoms with Gasteiger partial charge in [-0.1, -0.05) is 18.6 Å². The van der Waals surface area contributed by atoms with Gasteiger partial charge in [-0.3, -0.25) is 9.69 Å². The molecule has 0 aliphatic carbocycles. The van der Waals surface area contributed by atoms with Crippen molar-refractivity contribution in [3.05, 3.63) is 29.8 Å². The van der Waals surface area contributed by atoms with Gasteiger partial charge in [0.2, 0.25) is 0 Å². The number of ether oxygens (including phenoxy) is 2. The molecule has 1 heterocycles. The van der Waals surface area contributed by atoms with Gasteiger partial charge in [0.1, 0.15) is 11.8 Å². The van der Waals surface area contributed by atoms with E-state index in [2.05, 4.69) is 17.0 Å². The fraction of sp³-hybridized carbons (Fsp3) is 0.562. The van der Waals surface area contributed by atoms with Crippen molar-refractivity contribution >= 4 is 5.97 Å². The smallest absolute Gasteiger partial charge is 0.323 e. The largest absolute Gasteiger partial charge is 0.494 e. The highest BCUT2D eigenvalue weighted by Crippen LogP contribution is 2.21. The Hall–Kier alpha value is -1.55. The molecule has 1 aliphatic rings. The molecule has 1 atom stereocenters. The van der Waals surface area contributed by atoms with E-state index in [4.69, 9.17) is 9.47 Å². The van der Waals surface area contributed by atoms with Crippen LogP contribution in [0.1, 0.15) is 31.7 Å². The molecular weight excluding hydrogens is 254 g/mol. The Labute approximate surface area is 120 Å². The Kier molecular flexibility index (Phi) is 5.41. The van der Waals surface area contributed by atoms with E-state index in [0.29, 0.717) is 6.61 Å². The van der Waals surface area contributed by atoms with Crippen LogP contribution in [-0.4, -0.2) is 37.2 Å². The Morgan fingerprint density at radius 1 is 1.30 bits per heavy atom. The molecule has 1 fully saturated rings. The van der Waals surface area contributed by atoms with E-state index in [-0.39, 0.29) is 12.0 Å². The molecular formula is C16H23NO3. The maximum Gasteiger partial charge on any atom is 0.323 e. The number of carbonyl (C=O) groups is 1. The molecule has 0 aromatic heterocycles. The van der Waals surface area contributed by atoms with Gasteiger partial charge < -0.3 is 9.47 Å². The third-order valence-electron chi connectivity index (χ3n) is 3.71. The number of rotatable bonds is 5. The van der Waals surface area contributed by atoms with E-state index in [1.54, 1.807) is 0 Å². The van der Waals surface area contributed by atoms with Crippen molar-refractivity contribution in [3.8, 4) is 5.75 Å². The van der Waals surface area contributed by atoms with Crippen molar-refractivity contribution in [2.45, 2.75) is 38.8 Å². The highest BCUT2D eigenvalue weighted by molar-refractivity contribution is 5.75. The maximum absolute atomic E-state index is 11.8. The summed E-state index contributed by atoms with van der Waals surface area (Å²) in [5.41, 5.74) is 1.20. The number of hydrogen-bond donors (Lipinski definition) is 0. The monoisotopic (exact) mass is 277 g/mol. The summed E-state index contributed by atoms with van der Waals surface area (Å²) >= 11 is 0. The number of carbonyl (C=O) groups excluding carboxylic acids is 1.